The molecule has 328 valence electrons. The zero-order chi connectivity index (χ0) is 46.2. The minimum atomic E-state index is -0.517. The number of fused-ring (bicyclic) bond motifs is 9. The van der Waals surface area contributed by atoms with Crippen molar-refractivity contribution in [3.63, 3.8) is 0 Å². The highest BCUT2D eigenvalue weighted by Gasteiger charge is 2.46. The van der Waals surface area contributed by atoms with E-state index in [4.69, 9.17) is 0 Å². The van der Waals surface area contributed by atoms with Crippen LogP contribution in [0.4, 0.5) is 17.1 Å². The molecule has 0 bridgehead atoms. The second-order valence-electron chi connectivity index (χ2n) is 18.4. The molecule has 2 aromatic heterocycles. The summed E-state index contributed by atoms with van der Waals surface area (Å²) in [6.45, 7) is 0. The molecule has 0 aliphatic heterocycles. The summed E-state index contributed by atoms with van der Waals surface area (Å²) in [5, 5.41) is 5.07. The molecule has 0 unspecified atom stereocenters. The van der Waals surface area contributed by atoms with Gasteiger partial charge in [-0.1, -0.05) is 206 Å². The average molecular weight is 909 g/mol. The Morgan fingerprint density at radius 3 is 1.56 bits per heavy atom. The van der Waals surface area contributed by atoms with E-state index in [9.17, 15) is 0 Å². The lowest BCUT2D eigenvalue weighted by atomic mass is 9.67. The molecule has 0 saturated carbocycles. The molecule has 14 rings (SSSR count). The summed E-state index contributed by atoms with van der Waals surface area (Å²) >= 11 is 1.86. The van der Waals surface area contributed by atoms with Crippen LogP contribution in [0.3, 0.4) is 0 Å². The zero-order valence-corrected chi connectivity index (χ0v) is 39.0. The van der Waals surface area contributed by atoms with Crippen LogP contribution in [0.15, 0.2) is 267 Å². The van der Waals surface area contributed by atoms with E-state index in [0.717, 1.165) is 17.1 Å². The third-order valence-corrected chi connectivity index (χ3v) is 15.8. The monoisotopic (exact) mass is 908 g/mol. The molecular formula is C67H44N2S. The van der Waals surface area contributed by atoms with Crippen LogP contribution in [0, 0.1) is 0 Å². The summed E-state index contributed by atoms with van der Waals surface area (Å²) in [4.78, 5) is 2.49. The number of benzene rings is 11. The molecular weight excluding hydrogens is 865 g/mol. The second-order valence-corrected chi connectivity index (χ2v) is 19.4. The minimum absolute atomic E-state index is 0.517. The van der Waals surface area contributed by atoms with Gasteiger partial charge in [0.1, 0.15) is 0 Å². The Hall–Kier alpha value is -8.76. The first-order valence-corrected chi connectivity index (χ1v) is 24.9. The number of para-hydroxylation sites is 3. The van der Waals surface area contributed by atoms with E-state index in [-0.39, 0.29) is 0 Å². The summed E-state index contributed by atoms with van der Waals surface area (Å²) in [7, 11) is 0. The number of hydrogen-bond donors (Lipinski definition) is 0. The van der Waals surface area contributed by atoms with Crippen molar-refractivity contribution in [2.75, 3.05) is 4.90 Å². The topological polar surface area (TPSA) is 8.17 Å². The van der Waals surface area contributed by atoms with E-state index < -0.39 is 5.41 Å². The van der Waals surface area contributed by atoms with Crippen molar-refractivity contribution in [2.45, 2.75) is 5.41 Å². The van der Waals surface area contributed by atoms with Gasteiger partial charge in [-0.25, -0.2) is 0 Å². The summed E-state index contributed by atoms with van der Waals surface area (Å²) in [5.41, 5.74) is 18.8. The highest BCUT2D eigenvalue weighted by Crippen LogP contribution is 2.57. The van der Waals surface area contributed by atoms with Crippen LogP contribution in [0.5, 0.6) is 0 Å². The quantitative estimate of drug-likeness (QED) is 0.147. The van der Waals surface area contributed by atoms with Gasteiger partial charge in [-0.15, -0.1) is 11.3 Å². The zero-order valence-electron chi connectivity index (χ0n) is 38.2. The molecule has 0 fully saturated rings. The fraction of sp³-hybridized carbons (Fsp3) is 0.0149. The Morgan fingerprint density at radius 1 is 0.343 bits per heavy atom. The molecule has 11 aromatic carbocycles. The molecule has 0 amide bonds. The Kier molecular flexibility index (Phi) is 9.33. The summed E-state index contributed by atoms with van der Waals surface area (Å²) in [6.07, 6.45) is 0. The van der Waals surface area contributed by atoms with Crippen molar-refractivity contribution in [3.8, 4) is 39.1 Å². The molecule has 0 spiro atoms. The van der Waals surface area contributed by atoms with E-state index in [2.05, 4.69) is 276 Å². The molecule has 0 N–H and O–H groups in total. The summed E-state index contributed by atoms with van der Waals surface area (Å²) < 4.78 is 4.98. The van der Waals surface area contributed by atoms with Crippen molar-refractivity contribution >= 4 is 70.4 Å². The summed E-state index contributed by atoms with van der Waals surface area (Å²) in [5.74, 6) is 0. The van der Waals surface area contributed by atoms with Gasteiger partial charge in [0.15, 0.2) is 0 Å². The highest BCUT2D eigenvalue weighted by molar-refractivity contribution is 7.26. The van der Waals surface area contributed by atoms with Gasteiger partial charge in [-0.2, -0.15) is 0 Å². The Labute approximate surface area is 411 Å². The van der Waals surface area contributed by atoms with E-state index in [0.29, 0.717) is 0 Å². The maximum absolute atomic E-state index is 2.49. The third-order valence-electron chi connectivity index (χ3n) is 14.7. The smallest absolute Gasteiger partial charge is 0.0714 e. The SMILES string of the molecule is c1ccc(C2(c3ccccc3)c3ccccc3-c3ccc(N(c4ccc(-c5ccc(-c6ccccc6-n6c7ccccc7c7ccccc76)cc5)cc4)c4cccc5sc6ccccc6c45)cc32)cc1. The molecule has 0 saturated heterocycles. The van der Waals surface area contributed by atoms with Crippen LogP contribution in [0.1, 0.15) is 22.3 Å². The molecule has 1 aliphatic rings. The van der Waals surface area contributed by atoms with Crippen LogP contribution >= 0.6 is 11.3 Å². The first-order chi connectivity index (χ1) is 34.7. The van der Waals surface area contributed by atoms with Crippen molar-refractivity contribution in [1.29, 1.82) is 0 Å². The number of hydrogen-bond acceptors (Lipinski definition) is 2. The molecule has 0 atom stereocenters. The fourth-order valence-corrected chi connectivity index (χ4v) is 12.8. The van der Waals surface area contributed by atoms with Gasteiger partial charge in [0.2, 0.25) is 0 Å². The van der Waals surface area contributed by atoms with Crippen LogP contribution in [0.2, 0.25) is 0 Å². The summed E-state index contributed by atoms with van der Waals surface area (Å²) in [6, 6.07) is 98.5. The number of rotatable bonds is 8. The second kappa shape index (κ2) is 16.2. The Morgan fingerprint density at radius 2 is 0.857 bits per heavy atom. The van der Waals surface area contributed by atoms with Crippen LogP contribution < -0.4 is 4.90 Å². The van der Waals surface area contributed by atoms with Gasteiger partial charge >= 0.3 is 0 Å². The van der Waals surface area contributed by atoms with Gasteiger partial charge in [0.25, 0.3) is 0 Å². The first kappa shape index (κ1) is 40.3. The highest BCUT2D eigenvalue weighted by atomic mass is 32.1. The van der Waals surface area contributed by atoms with Crippen LogP contribution in [-0.4, -0.2) is 4.57 Å². The average Bonchev–Trinajstić information content (AvgIpc) is 4.09. The predicted molar refractivity (Wildman–Crippen MR) is 297 cm³/mol. The molecule has 3 heteroatoms. The lowest BCUT2D eigenvalue weighted by molar-refractivity contribution is 0.768. The Balaban J connectivity index is 0.904. The van der Waals surface area contributed by atoms with Crippen LogP contribution in [-0.2, 0) is 5.41 Å². The number of anilines is 3. The van der Waals surface area contributed by atoms with Gasteiger partial charge in [0.05, 0.1) is 27.8 Å². The van der Waals surface area contributed by atoms with Crippen molar-refractivity contribution < 1.29 is 0 Å². The Bertz CT molecular complexity index is 4020. The molecule has 70 heavy (non-hydrogen) atoms. The molecule has 13 aromatic rings. The molecule has 2 heterocycles. The van der Waals surface area contributed by atoms with Gasteiger partial charge in [-0.3, -0.25) is 0 Å². The maximum atomic E-state index is 2.49. The number of aromatic nitrogens is 1. The van der Waals surface area contributed by atoms with Crippen molar-refractivity contribution in [3.05, 3.63) is 289 Å². The van der Waals surface area contributed by atoms with Gasteiger partial charge in [0, 0.05) is 47.9 Å². The third kappa shape index (κ3) is 6.12. The number of nitrogens with zero attached hydrogens (tertiary/aromatic N) is 2. The van der Waals surface area contributed by atoms with E-state index in [1.807, 2.05) is 11.3 Å². The lowest BCUT2D eigenvalue weighted by Crippen LogP contribution is -2.28. The number of thiophene rings is 1. The van der Waals surface area contributed by atoms with E-state index >= 15 is 0 Å². The molecule has 1 aliphatic carbocycles. The normalized spacial score (nSPS) is 12.7. The maximum Gasteiger partial charge on any atom is 0.0714 e. The first-order valence-electron chi connectivity index (χ1n) is 24.1. The predicted octanol–water partition coefficient (Wildman–Crippen LogP) is 18.3. The lowest BCUT2D eigenvalue weighted by Gasteiger charge is -2.35. The largest absolute Gasteiger partial charge is 0.310 e. The molecule has 2 nitrogen and oxygen atoms in total. The van der Waals surface area contributed by atoms with E-state index in [1.165, 1.54) is 103 Å². The van der Waals surface area contributed by atoms with Crippen molar-refractivity contribution in [2.24, 2.45) is 0 Å². The van der Waals surface area contributed by atoms with Crippen molar-refractivity contribution in [1.82, 2.24) is 4.57 Å². The van der Waals surface area contributed by atoms with Gasteiger partial charge < -0.3 is 9.47 Å². The van der Waals surface area contributed by atoms with Gasteiger partial charge in [-0.05, 0) is 111 Å². The standard InChI is InChI=1S/C67H44N2S/c1-3-18-48(19-4-1)67(49-20-5-2-6-21-49)58-27-12-7-23-53(58)54-43-42-51(44-59(54)67)68(63-31-17-33-65-66(63)57-26-11-16-32-64(57)70-65)50-40-38-46(39-41-50)45-34-36-47(37-35-45)52-22-8-13-28-60(52)69-61-29-14-9-24-55(61)56-25-10-15-30-62(56)69/h1-44H. The molecule has 0 radical (unpaired) electrons. The van der Waals surface area contributed by atoms with Crippen LogP contribution in [0.25, 0.3) is 81.0 Å². The fourth-order valence-electron chi connectivity index (χ4n) is 11.7. The van der Waals surface area contributed by atoms with E-state index in [1.54, 1.807) is 0 Å². The minimum Gasteiger partial charge on any atom is -0.310 e.